The largest absolute Gasteiger partial charge is 0.394 e. The van der Waals surface area contributed by atoms with Crippen LogP contribution in [0.1, 0.15) is 32.8 Å². The highest BCUT2D eigenvalue weighted by molar-refractivity contribution is 7.89. The zero-order valence-corrected chi connectivity index (χ0v) is 13.4. The maximum atomic E-state index is 12.1. The molecule has 0 amide bonds. The average molecular weight is 303 g/mol. The van der Waals surface area contributed by atoms with Gasteiger partial charge in [-0.1, -0.05) is 38.5 Å². The van der Waals surface area contributed by atoms with E-state index in [9.17, 15) is 18.6 Å². The summed E-state index contributed by atoms with van der Waals surface area (Å²) in [5.74, 6) is 0. The minimum atomic E-state index is -3.74. The first kappa shape index (κ1) is 19.1. The summed E-state index contributed by atoms with van der Waals surface area (Å²) >= 11 is 0. The number of benzene rings is 1. The van der Waals surface area contributed by atoms with Crippen LogP contribution in [-0.4, -0.2) is 37.4 Å². The Labute approximate surface area is 121 Å². The van der Waals surface area contributed by atoms with E-state index in [1.165, 1.54) is 12.1 Å². The fraction of sp³-hybridized carbons (Fsp3) is 0.571. The van der Waals surface area contributed by atoms with Crippen LogP contribution in [0.4, 0.5) is 0 Å². The first-order chi connectivity index (χ1) is 9.39. The van der Waals surface area contributed by atoms with E-state index in [1.54, 1.807) is 19.1 Å². The van der Waals surface area contributed by atoms with Crippen LogP contribution in [0, 0.1) is 6.92 Å². The van der Waals surface area contributed by atoms with Crippen LogP contribution in [0.15, 0.2) is 29.2 Å². The molecule has 0 saturated heterocycles. The number of aryl methyl sites for hydroxylation is 1. The molecule has 20 heavy (non-hydrogen) atoms. The second-order valence-electron chi connectivity index (χ2n) is 4.37. The summed E-state index contributed by atoms with van der Waals surface area (Å²) in [6.45, 7) is 6.65. The van der Waals surface area contributed by atoms with Crippen LogP contribution in [-0.2, 0) is 10.0 Å². The molecule has 0 bridgehead atoms. The molecule has 0 aliphatic heterocycles. The lowest BCUT2D eigenvalue weighted by Crippen LogP contribution is -2.53. The highest BCUT2D eigenvalue weighted by Crippen LogP contribution is 2.16. The minimum Gasteiger partial charge on any atom is -0.394 e. The van der Waals surface area contributed by atoms with Gasteiger partial charge >= 0.3 is 0 Å². The molecule has 0 fully saturated rings. The zero-order valence-electron chi connectivity index (χ0n) is 12.5. The van der Waals surface area contributed by atoms with Gasteiger partial charge in [0.25, 0.3) is 0 Å². The van der Waals surface area contributed by atoms with Gasteiger partial charge in [0.1, 0.15) is 0 Å². The molecule has 0 saturated carbocycles. The molecular formula is C14H25NO4S. The molecule has 116 valence electrons. The standard InChI is InChI=1S/C12H19NO4S.C2H6/c1-3-12(8-14,9-15)13-18(16,17)11-6-4-10(2)5-7-11;1-2/h4-7,13-15H,3,8-9H2,1-2H3;1-2H3. The Kier molecular flexibility index (Phi) is 7.96. The second-order valence-corrected chi connectivity index (χ2v) is 6.05. The Balaban J connectivity index is 0.00000172. The molecule has 6 heteroatoms. The number of aliphatic hydroxyl groups excluding tert-OH is 2. The van der Waals surface area contributed by atoms with Crippen molar-refractivity contribution >= 4 is 10.0 Å². The van der Waals surface area contributed by atoms with Crippen molar-refractivity contribution in [3.8, 4) is 0 Å². The first-order valence-corrected chi connectivity index (χ1v) is 8.20. The Hall–Kier alpha value is -0.950. The predicted molar refractivity (Wildman–Crippen MR) is 80.0 cm³/mol. The van der Waals surface area contributed by atoms with Gasteiger partial charge in [-0.15, -0.1) is 0 Å². The highest BCUT2D eigenvalue weighted by atomic mass is 32.2. The Morgan fingerprint density at radius 2 is 1.55 bits per heavy atom. The van der Waals surface area contributed by atoms with E-state index in [0.717, 1.165) is 5.56 Å². The fourth-order valence-electron chi connectivity index (χ4n) is 1.47. The van der Waals surface area contributed by atoms with E-state index < -0.39 is 28.8 Å². The lowest BCUT2D eigenvalue weighted by atomic mass is 10.0. The van der Waals surface area contributed by atoms with E-state index in [4.69, 9.17) is 0 Å². The van der Waals surface area contributed by atoms with E-state index in [-0.39, 0.29) is 4.90 Å². The number of hydrogen-bond acceptors (Lipinski definition) is 4. The first-order valence-electron chi connectivity index (χ1n) is 6.71. The number of hydrogen-bond donors (Lipinski definition) is 3. The van der Waals surface area contributed by atoms with Gasteiger partial charge in [-0.25, -0.2) is 13.1 Å². The van der Waals surface area contributed by atoms with Gasteiger partial charge in [-0.3, -0.25) is 0 Å². The van der Waals surface area contributed by atoms with Gasteiger partial charge < -0.3 is 10.2 Å². The maximum absolute atomic E-state index is 12.1. The van der Waals surface area contributed by atoms with Crippen LogP contribution in [0.5, 0.6) is 0 Å². The second kappa shape index (κ2) is 8.36. The Bertz CT molecular complexity index is 470. The minimum absolute atomic E-state index is 0.118. The van der Waals surface area contributed by atoms with E-state index >= 15 is 0 Å². The van der Waals surface area contributed by atoms with Gasteiger partial charge in [-0.05, 0) is 25.5 Å². The van der Waals surface area contributed by atoms with E-state index in [0.29, 0.717) is 6.42 Å². The fourth-order valence-corrected chi connectivity index (χ4v) is 2.93. The SMILES string of the molecule is CC.CCC(CO)(CO)NS(=O)(=O)c1ccc(C)cc1. The quantitative estimate of drug-likeness (QED) is 0.742. The summed E-state index contributed by atoms with van der Waals surface area (Å²) < 4.78 is 26.6. The van der Waals surface area contributed by atoms with Crippen LogP contribution >= 0.6 is 0 Å². The molecule has 1 aromatic rings. The smallest absolute Gasteiger partial charge is 0.241 e. The monoisotopic (exact) mass is 303 g/mol. The number of nitrogens with one attached hydrogen (secondary N) is 1. The van der Waals surface area contributed by atoms with Gasteiger partial charge in [0.05, 0.1) is 23.6 Å². The molecule has 0 unspecified atom stereocenters. The summed E-state index contributed by atoms with van der Waals surface area (Å²) in [4.78, 5) is 0.118. The van der Waals surface area contributed by atoms with E-state index in [2.05, 4.69) is 4.72 Å². The molecule has 1 aromatic carbocycles. The molecule has 0 radical (unpaired) electrons. The molecule has 0 aromatic heterocycles. The van der Waals surface area contributed by atoms with Crippen LogP contribution in [0.3, 0.4) is 0 Å². The summed E-state index contributed by atoms with van der Waals surface area (Å²) in [5, 5.41) is 18.5. The third-order valence-electron chi connectivity index (χ3n) is 2.96. The Morgan fingerprint density at radius 3 is 1.90 bits per heavy atom. The Morgan fingerprint density at radius 1 is 1.10 bits per heavy atom. The number of sulfonamides is 1. The summed E-state index contributed by atoms with van der Waals surface area (Å²) in [6.07, 6.45) is 0.297. The van der Waals surface area contributed by atoms with Crippen molar-refractivity contribution in [2.24, 2.45) is 0 Å². The molecule has 3 N–H and O–H groups in total. The van der Waals surface area contributed by atoms with E-state index in [1.807, 2.05) is 20.8 Å². The summed E-state index contributed by atoms with van der Waals surface area (Å²) in [6, 6.07) is 6.37. The van der Waals surface area contributed by atoms with Crippen molar-refractivity contribution in [1.29, 1.82) is 0 Å². The lowest BCUT2D eigenvalue weighted by molar-refractivity contribution is 0.105. The van der Waals surface area contributed by atoms with Crippen molar-refractivity contribution in [3.63, 3.8) is 0 Å². The third kappa shape index (κ3) is 4.86. The molecule has 0 atom stereocenters. The van der Waals surface area contributed by atoms with Crippen LogP contribution in [0.25, 0.3) is 0 Å². The molecule has 5 nitrogen and oxygen atoms in total. The van der Waals surface area contributed by atoms with Gasteiger partial charge in [0.2, 0.25) is 10.0 Å². The summed E-state index contributed by atoms with van der Waals surface area (Å²) in [5.41, 5.74) is -0.260. The van der Waals surface area contributed by atoms with Crippen LogP contribution in [0.2, 0.25) is 0 Å². The average Bonchev–Trinajstić information content (AvgIpc) is 2.47. The highest BCUT2D eigenvalue weighted by Gasteiger charge is 2.32. The van der Waals surface area contributed by atoms with Crippen molar-refractivity contribution in [2.75, 3.05) is 13.2 Å². The maximum Gasteiger partial charge on any atom is 0.241 e. The molecule has 0 aliphatic rings. The third-order valence-corrected chi connectivity index (χ3v) is 4.56. The van der Waals surface area contributed by atoms with Gasteiger partial charge in [0.15, 0.2) is 0 Å². The molecule has 0 heterocycles. The van der Waals surface area contributed by atoms with Crippen molar-refractivity contribution in [2.45, 2.75) is 44.6 Å². The predicted octanol–water partition coefficient (Wildman–Crippen LogP) is 1.43. The van der Waals surface area contributed by atoms with Crippen LogP contribution < -0.4 is 4.72 Å². The zero-order chi connectivity index (χ0) is 15.8. The topological polar surface area (TPSA) is 86.6 Å². The number of aliphatic hydroxyl groups is 2. The molecule has 0 aliphatic carbocycles. The molecular weight excluding hydrogens is 278 g/mol. The van der Waals surface area contributed by atoms with Crippen molar-refractivity contribution in [3.05, 3.63) is 29.8 Å². The lowest BCUT2D eigenvalue weighted by Gasteiger charge is -2.29. The van der Waals surface area contributed by atoms with Crippen molar-refractivity contribution in [1.82, 2.24) is 4.72 Å². The van der Waals surface area contributed by atoms with Gasteiger partial charge in [-0.2, -0.15) is 0 Å². The van der Waals surface area contributed by atoms with Crippen molar-refractivity contribution < 1.29 is 18.6 Å². The summed E-state index contributed by atoms with van der Waals surface area (Å²) in [7, 11) is -3.74. The molecule has 0 spiro atoms. The molecule has 1 rings (SSSR count). The van der Waals surface area contributed by atoms with Gasteiger partial charge in [0, 0.05) is 0 Å². The normalized spacial score (nSPS) is 11.7. The number of rotatable bonds is 6.